The SMILES string of the molecule is COc1nccc(OC2CC2)c1SC. The van der Waals surface area contributed by atoms with Crippen molar-refractivity contribution in [2.45, 2.75) is 23.8 Å². The molecule has 4 heteroatoms. The fourth-order valence-corrected chi connectivity index (χ4v) is 1.83. The molecule has 0 N–H and O–H groups in total. The molecular formula is C10H13NO2S. The van der Waals surface area contributed by atoms with Gasteiger partial charge in [-0.3, -0.25) is 0 Å². The van der Waals surface area contributed by atoms with Crippen LogP contribution in [-0.2, 0) is 0 Å². The third-order valence-electron chi connectivity index (χ3n) is 2.05. The second-order valence-electron chi connectivity index (χ2n) is 3.17. The molecule has 1 fully saturated rings. The fourth-order valence-electron chi connectivity index (χ4n) is 1.20. The van der Waals surface area contributed by atoms with Crippen molar-refractivity contribution in [3.05, 3.63) is 12.3 Å². The molecule has 0 spiro atoms. The van der Waals surface area contributed by atoms with Gasteiger partial charge in [0.15, 0.2) is 0 Å². The van der Waals surface area contributed by atoms with Crippen LogP contribution in [0.3, 0.4) is 0 Å². The van der Waals surface area contributed by atoms with Crippen LogP contribution in [0.15, 0.2) is 17.2 Å². The first kappa shape index (κ1) is 9.65. The Hall–Kier alpha value is -0.900. The highest BCUT2D eigenvalue weighted by atomic mass is 32.2. The van der Waals surface area contributed by atoms with Crippen molar-refractivity contribution in [3.8, 4) is 11.6 Å². The predicted octanol–water partition coefficient (Wildman–Crippen LogP) is 2.35. The zero-order valence-electron chi connectivity index (χ0n) is 8.32. The third kappa shape index (κ3) is 1.95. The lowest BCUT2D eigenvalue weighted by atomic mass is 10.4. The van der Waals surface area contributed by atoms with E-state index in [-0.39, 0.29) is 0 Å². The molecule has 3 nitrogen and oxygen atoms in total. The van der Waals surface area contributed by atoms with Gasteiger partial charge >= 0.3 is 0 Å². The molecular weight excluding hydrogens is 198 g/mol. The molecule has 1 aliphatic rings. The molecule has 1 aliphatic carbocycles. The first-order valence-electron chi connectivity index (χ1n) is 4.58. The normalized spacial score (nSPS) is 15.3. The summed E-state index contributed by atoms with van der Waals surface area (Å²) in [5, 5.41) is 0. The smallest absolute Gasteiger partial charge is 0.230 e. The molecule has 2 rings (SSSR count). The number of rotatable bonds is 4. The van der Waals surface area contributed by atoms with Crippen molar-refractivity contribution in [2.75, 3.05) is 13.4 Å². The summed E-state index contributed by atoms with van der Waals surface area (Å²) >= 11 is 1.60. The average molecular weight is 211 g/mol. The van der Waals surface area contributed by atoms with E-state index in [1.54, 1.807) is 25.1 Å². The summed E-state index contributed by atoms with van der Waals surface area (Å²) in [5.41, 5.74) is 0. The van der Waals surface area contributed by atoms with Crippen molar-refractivity contribution in [1.82, 2.24) is 4.98 Å². The summed E-state index contributed by atoms with van der Waals surface area (Å²) in [6.07, 6.45) is 6.46. The number of thioether (sulfide) groups is 1. The Balaban J connectivity index is 2.26. The van der Waals surface area contributed by atoms with Gasteiger partial charge in [0.2, 0.25) is 5.88 Å². The van der Waals surface area contributed by atoms with Crippen molar-refractivity contribution in [1.29, 1.82) is 0 Å². The summed E-state index contributed by atoms with van der Waals surface area (Å²) in [4.78, 5) is 5.12. The Morgan fingerprint density at radius 3 is 2.86 bits per heavy atom. The van der Waals surface area contributed by atoms with Crippen LogP contribution < -0.4 is 9.47 Å². The Kier molecular flexibility index (Phi) is 2.82. The molecule has 0 unspecified atom stereocenters. The van der Waals surface area contributed by atoms with Crippen molar-refractivity contribution >= 4 is 11.8 Å². The van der Waals surface area contributed by atoms with E-state index >= 15 is 0 Å². The molecule has 0 amide bonds. The van der Waals surface area contributed by atoms with Crippen LogP contribution in [-0.4, -0.2) is 24.5 Å². The lowest BCUT2D eigenvalue weighted by molar-refractivity contribution is 0.289. The van der Waals surface area contributed by atoms with Gasteiger partial charge in [-0.1, -0.05) is 0 Å². The van der Waals surface area contributed by atoms with E-state index in [0.29, 0.717) is 12.0 Å². The maximum Gasteiger partial charge on any atom is 0.230 e. The minimum absolute atomic E-state index is 0.410. The topological polar surface area (TPSA) is 31.4 Å². The zero-order valence-corrected chi connectivity index (χ0v) is 9.13. The van der Waals surface area contributed by atoms with Crippen LogP contribution in [0.5, 0.6) is 11.6 Å². The van der Waals surface area contributed by atoms with Gasteiger partial charge in [-0.05, 0) is 25.2 Å². The number of nitrogens with zero attached hydrogens (tertiary/aromatic N) is 1. The first-order chi connectivity index (χ1) is 6.85. The minimum atomic E-state index is 0.410. The molecule has 0 radical (unpaired) electrons. The number of methoxy groups -OCH3 is 1. The monoisotopic (exact) mass is 211 g/mol. The van der Waals surface area contributed by atoms with Crippen LogP contribution >= 0.6 is 11.8 Å². The number of hydrogen-bond donors (Lipinski definition) is 0. The summed E-state index contributed by atoms with van der Waals surface area (Å²) in [6.45, 7) is 0. The molecule has 14 heavy (non-hydrogen) atoms. The van der Waals surface area contributed by atoms with E-state index in [1.807, 2.05) is 12.3 Å². The van der Waals surface area contributed by atoms with E-state index in [9.17, 15) is 0 Å². The van der Waals surface area contributed by atoms with Gasteiger partial charge < -0.3 is 9.47 Å². The highest BCUT2D eigenvalue weighted by molar-refractivity contribution is 7.98. The van der Waals surface area contributed by atoms with Crippen LogP contribution in [0.1, 0.15) is 12.8 Å². The van der Waals surface area contributed by atoms with E-state index in [0.717, 1.165) is 10.6 Å². The molecule has 76 valence electrons. The molecule has 1 aromatic rings. The highest BCUT2D eigenvalue weighted by Gasteiger charge is 2.25. The van der Waals surface area contributed by atoms with E-state index in [4.69, 9.17) is 9.47 Å². The summed E-state index contributed by atoms with van der Waals surface area (Å²) in [6, 6.07) is 1.90. The minimum Gasteiger partial charge on any atom is -0.489 e. The van der Waals surface area contributed by atoms with Gasteiger partial charge in [-0.25, -0.2) is 4.98 Å². The third-order valence-corrected chi connectivity index (χ3v) is 2.84. The average Bonchev–Trinajstić information content (AvgIpc) is 3.01. The molecule has 0 bridgehead atoms. The molecule has 1 heterocycles. The zero-order chi connectivity index (χ0) is 9.97. The molecule has 1 aromatic heterocycles. The Morgan fingerprint density at radius 1 is 1.50 bits per heavy atom. The number of aromatic nitrogens is 1. The predicted molar refractivity (Wildman–Crippen MR) is 56.2 cm³/mol. The van der Waals surface area contributed by atoms with Gasteiger partial charge in [0.05, 0.1) is 13.2 Å². The van der Waals surface area contributed by atoms with E-state index < -0.39 is 0 Å². The second kappa shape index (κ2) is 4.09. The lowest BCUT2D eigenvalue weighted by Crippen LogP contribution is -1.99. The summed E-state index contributed by atoms with van der Waals surface area (Å²) < 4.78 is 10.9. The first-order valence-corrected chi connectivity index (χ1v) is 5.81. The summed E-state index contributed by atoms with van der Waals surface area (Å²) in [7, 11) is 1.63. The molecule has 1 saturated carbocycles. The lowest BCUT2D eigenvalue weighted by Gasteiger charge is -2.11. The quantitative estimate of drug-likeness (QED) is 0.715. The molecule has 0 aliphatic heterocycles. The van der Waals surface area contributed by atoms with Crippen molar-refractivity contribution in [2.24, 2.45) is 0 Å². The van der Waals surface area contributed by atoms with Crippen molar-refractivity contribution in [3.63, 3.8) is 0 Å². The fraction of sp³-hybridized carbons (Fsp3) is 0.500. The van der Waals surface area contributed by atoms with Gasteiger partial charge in [-0.15, -0.1) is 11.8 Å². The number of hydrogen-bond acceptors (Lipinski definition) is 4. The van der Waals surface area contributed by atoms with Gasteiger partial charge in [0, 0.05) is 6.20 Å². The summed E-state index contributed by atoms with van der Waals surface area (Å²) in [5.74, 6) is 1.54. The maximum atomic E-state index is 5.75. The van der Waals surface area contributed by atoms with Crippen molar-refractivity contribution < 1.29 is 9.47 Å². The Bertz CT molecular complexity index is 326. The second-order valence-corrected chi connectivity index (χ2v) is 3.99. The molecule has 0 atom stereocenters. The standard InChI is InChI=1S/C10H13NO2S/c1-12-10-9(14-2)8(5-6-11-10)13-7-3-4-7/h5-7H,3-4H2,1-2H3. The van der Waals surface area contributed by atoms with Gasteiger partial charge in [0.25, 0.3) is 0 Å². The van der Waals surface area contributed by atoms with Crippen LogP contribution in [0.2, 0.25) is 0 Å². The van der Waals surface area contributed by atoms with Crippen LogP contribution in [0.25, 0.3) is 0 Å². The molecule has 0 saturated heterocycles. The van der Waals surface area contributed by atoms with E-state index in [1.165, 1.54) is 12.8 Å². The van der Waals surface area contributed by atoms with E-state index in [2.05, 4.69) is 4.98 Å². The largest absolute Gasteiger partial charge is 0.489 e. The van der Waals surface area contributed by atoms with Gasteiger partial charge in [-0.2, -0.15) is 0 Å². The number of pyridine rings is 1. The van der Waals surface area contributed by atoms with Gasteiger partial charge in [0.1, 0.15) is 10.6 Å². The maximum absolute atomic E-state index is 5.75. The number of ether oxygens (including phenoxy) is 2. The highest BCUT2D eigenvalue weighted by Crippen LogP contribution is 2.37. The Morgan fingerprint density at radius 2 is 2.29 bits per heavy atom. The van der Waals surface area contributed by atoms with Crippen LogP contribution in [0, 0.1) is 0 Å². The van der Waals surface area contributed by atoms with Crippen LogP contribution in [0.4, 0.5) is 0 Å². The Labute approximate surface area is 87.8 Å². The molecule has 0 aromatic carbocycles.